The van der Waals surface area contributed by atoms with Crippen molar-refractivity contribution in [1.82, 2.24) is 10.2 Å². The van der Waals surface area contributed by atoms with Gasteiger partial charge in [-0.25, -0.2) is 0 Å². The lowest BCUT2D eigenvalue weighted by Gasteiger charge is -2.35. The lowest BCUT2D eigenvalue weighted by atomic mass is 9.88. The molecule has 18 heavy (non-hydrogen) atoms. The molecule has 3 heteroatoms. The molecule has 1 fully saturated rings. The molecule has 0 bridgehead atoms. The number of hydrogen-bond acceptors (Lipinski definition) is 3. The van der Waals surface area contributed by atoms with Gasteiger partial charge < -0.3 is 15.0 Å². The number of ether oxygens (including phenoxy) is 1. The van der Waals surface area contributed by atoms with Gasteiger partial charge in [-0.3, -0.25) is 0 Å². The molecule has 3 nitrogen and oxygen atoms in total. The molecule has 0 saturated carbocycles. The van der Waals surface area contributed by atoms with Crippen molar-refractivity contribution in [1.29, 1.82) is 0 Å². The maximum atomic E-state index is 5.75. The summed E-state index contributed by atoms with van der Waals surface area (Å²) in [5.74, 6) is 0.794. The summed E-state index contributed by atoms with van der Waals surface area (Å²) in [5.41, 5.74) is 0.0891. The van der Waals surface area contributed by atoms with Gasteiger partial charge in [-0.05, 0) is 71.8 Å². The Labute approximate surface area is 113 Å². The Morgan fingerprint density at radius 1 is 1.28 bits per heavy atom. The first-order valence-corrected chi connectivity index (χ1v) is 7.64. The minimum Gasteiger partial charge on any atom is -0.376 e. The van der Waals surface area contributed by atoms with Crippen LogP contribution >= 0.6 is 0 Å². The third-order valence-corrected chi connectivity index (χ3v) is 3.95. The van der Waals surface area contributed by atoms with Crippen LogP contribution in [0.4, 0.5) is 0 Å². The van der Waals surface area contributed by atoms with Crippen LogP contribution in [0.2, 0.25) is 0 Å². The summed E-state index contributed by atoms with van der Waals surface area (Å²) in [6.45, 7) is 15.7. The van der Waals surface area contributed by atoms with Gasteiger partial charge in [0.05, 0.1) is 5.60 Å². The van der Waals surface area contributed by atoms with E-state index in [-0.39, 0.29) is 5.60 Å². The Morgan fingerprint density at radius 3 is 2.61 bits per heavy atom. The van der Waals surface area contributed by atoms with Gasteiger partial charge in [-0.1, -0.05) is 13.8 Å². The predicted molar refractivity (Wildman–Crippen MR) is 78.0 cm³/mol. The monoisotopic (exact) mass is 256 g/mol. The van der Waals surface area contributed by atoms with E-state index in [1.807, 2.05) is 0 Å². The minimum atomic E-state index is 0.0891. The summed E-state index contributed by atoms with van der Waals surface area (Å²) in [6, 6.07) is 0. The van der Waals surface area contributed by atoms with Crippen LogP contribution < -0.4 is 5.32 Å². The normalized spacial score (nSPS) is 23.5. The molecular formula is C15H32N2O. The fraction of sp³-hybridized carbons (Fsp3) is 1.00. The molecule has 1 heterocycles. The molecule has 1 rings (SSSR count). The molecule has 0 aromatic heterocycles. The average Bonchev–Trinajstić information content (AvgIpc) is 2.32. The standard InChI is InChI=1S/C15H32N2O/c1-5-17(6-2)10-7-9-16-13-14-8-11-18-15(3,4)12-14/h14,16H,5-13H2,1-4H3. The van der Waals surface area contributed by atoms with E-state index in [4.69, 9.17) is 4.74 Å². The fourth-order valence-corrected chi connectivity index (χ4v) is 2.81. The van der Waals surface area contributed by atoms with Crippen LogP contribution in [-0.4, -0.2) is 49.8 Å². The first kappa shape index (κ1) is 15.9. The molecule has 1 N–H and O–H groups in total. The second-order valence-electron chi connectivity index (χ2n) is 6.05. The van der Waals surface area contributed by atoms with Gasteiger partial charge in [0.15, 0.2) is 0 Å². The van der Waals surface area contributed by atoms with Gasteiger partial charge in [0.25, 0.3) is 0 Å². The summed E-state index contributed by atoms with van der Waals surface area (Å²) in [7, 11) is 0. The van der Waals surface area contributed by atoms with E-state index in [1.54, 1.807) is 0 Å². The lowest BCUT2D eigenvalue weighted by molar-refractivity contribution is -0.0718. The first-order chi connectivity index (χ1) is 8.57. The molecule has 1 atom stereocenters. The van der Waals surface area contributed by atoms with Crippen LogP contribution in [0.25, 0.3) is 0 Å². The third-order valence-electron chi connectivity index (χ3n) is 3.95. The molecule has 108 valence electrons. The molecule has 0 aliphatic carbocycles. The van der Waals surface area contributed by atoms with Crippen molar-refractivity contribution < 1.29 is 4.74 Å². The second kappa shape index (κ2) is 8.13. The van der Waals surface area contributed by atoms with E-state index < -0.39 is 0 Å². The number of hydrogen-bond donors (Lipinski definition) is 1. The Kier molecular flexibility index (Phi) is 7.20. The molecular weight excluding hydrogens is 224 g/mol. The molecule has 0 amide bonds. The molecule has 0 aromatic carbocycles. The summed E-state index contributed by atoms with van der Waals surface area (Å²) in [6.07, 6.45) is 3.66. The summed E-state index contributed by atoms with van der Waals surface area (Å²) < 4.78 is 5.75. The summed E-state index contributed by atoms with van der Waals surface area (Å²) in [5, 5.41) is 3.61. The highest BCUT2D eigenvalue weighted by Crippen LogP contribution is 2.27. The van der Waals surface area contributed by atoms with Crippen molar-refractivity contribution in [3.05, 3.63) is 0 Å². The van der Waals surface area contributed by atoms with Crippen LogP contribution in [0.15, 0.2) is 0 Å². The number of rotatable bonds is 8. The molecule has 0 aromatic rings. The highest BCUT2D eigenvalue weighted by Gasteiger charge is 2.28. The maximum Gasteiger partial charge on any atom is 0.0629 e. The number of nitrogens with one attached hydrogen (secondary N) is 1. The van der Waals surface area contributed by atoms with Gasteiger partial charge in [0.2, 0.25) is 0 Å². The third kappa shape index (κ3) is 6.17. The number of nitrogens with zero attached hydrogens (tertiary/aromatic N) is 1. The lowest BCUT2D eigenvalue weighted by Crippen LogP contribution is -2.38. The van der Waals surface area contributed by atoms with Crippen LogP contribution in [0.3, 0.4) is 0 Å². The van der Waals surface area contributed by atoms with E-state index in [0.29, 0.717) is 0 Å². The van der Waals surface area contributed by atoms with Crippen molar-refractivity contribution in [3.8, 4) is 0 Å². The van der Waals surface area contributed by atoms with Crippen molar-refractivity contribution in [2.24, 2.45) is 5.92 Å². The zero-order valence-corrected chi connectivity index (χ0v) is 12.8. The average molecular weight is 256 g/mol. The minimum absolute atomic E-state index is 0.0891. The van der Waals surface area contributed by atoms with E-state index in [1.165, 1.54) is 38.9 Å². The molecule has 1 saturated heterocycles. The Hall–Kier alpha value is -0.120. The van der Waals surface area contributed by atoms with Gasteiger partial charge >= 0.3 is 0 Å². The SMILES string of the molecule is CCN(CC)CCCNCC1CCOC(C)(C)C1. The van der Waals surface area contributed by atoms with Crippen molar-refractivity contribution in [2.75, 3.05) is 39.3 Å². The van der Waals surface area contributed by atoms with E-state index >= 15 is 0 Å². The topological polar surface area (TPSA) is 24.5 Å². The van der Waals surface area contributed by atoms with Crippen LogP contribution in [0.1, 0.15) is 47.0 Å². The van der Waals surface area contributed by atoms with Gasteiger partial charge in [-0.2, -0.15) is 0 Å². The molecule has 0 spiro atoms. The zero-order chi connectivity index (χ0) is 13.4. The fourth-order valence-electron chi connectivity index (χ4n) is 2.81. The quantitative estimate of drug-likeness (QED) is 0.675. The Morgan fingerprint density at radius 2 is 2.00 bits per heavy atom. The van der Waals surface area contributed by atoms with Gasteiger partial charge in [0.1, 0.15) is 0 Å². The maximum absolute atomic E-state index is 5.75. The first-order valence-electron chi connectivity index (χ1n) is 7.64. The Bertz CT molecular complexity index is 215. The predicted octanol–water partition coefficient (Wildman–Crippen LogP) is 2.51. The van der Waals surface area contributed by atoms with E-state index in [9.17, 15) is 0 Å². The van der Waals surface area contributed by atoms with E-state index in [0.717, 1.165) is 25.6 Å². The van der Waals surface area contributed by atoms with Gasteiger partial charge in [-0.15, -0.1) is 0 Å². The van der Waals surface area contributed by atoms with Crippen LogP contribution in [0, 0.1) is 5.92 Å². The molecule has 1 aliphatic rings. The highest BCUT2D eigenvalue weighted by molar-refractivity contribution is 4.79. The Balaban J connectivity index is 2.04. The van der Waals surface area contributed by atoms with Crippen molar-refractivity contribution >= 4 is 0 Å². The molecule has 1 unspecified atom stereocenters. The van der Waals surface area contributed by atoms with Crippen LogP contribution in [-0.2, 0) is 4.74 Å². The van der Waals surface area contributed by atoms with Crippen molar-refractivity contribution in [2.45, 2.75) is 52.6 Å². The largest absolute Gasteiger partial charge is 0.376 e. The van der Waals surface area contributed by atoms with E-state index in [2.05, 4.69) is 37.9 Å². The van der Waals surface area contributed by atoms with Crippen molar-refractivity contribution in [3.63, 3.8) is 0 Å². The molecule has 0 radical (unpaired) electrons. The summed E-state index contributed by atoms with van der Waals surface area (Å²) >= 11 is 0. The molecule has 1 aliphatic heterocycles. The van der Waals surface area contributed by atoms with Crippen LogP contribution in [0.5, 0.6) is 0 Å². The highest BCUT2D eigenvalue weighted by atomic mass is 16.5. The van der Waals surface area contributed by atoms with Gasteiger partial charge in [0, 0.05) is 6.61 Å². The smallest absolute Gasteiger partial charge is 0.0629 e. The summed E-state index contributed by atoms with van der Waals surface area (Å²) in [4.78, 5) is 2.49. The zero-order valence-electron chi connectivity index (χ0n) is 12.8. The second-order valence-corrected chi connectivity index (χ2v) is 6.05.